The third-order valence-corrected chi connectivity index (χ3v) is 18.8. The van der Waals surface area contributed by atoms with Gasteiger partial charge in [-0.3, -0.25) is 9.59 Å². The van der Waals surface area contributed by atoms with E-state index >= 15 is 0 Å². The summed E-state index contributed by atoms with van der Waals surface area (Å²) in [7, 11) is 25.0. The molecule has 0 amide bonds. The lowest BCUT2D eigenvalue weighted by atomic mass is 9.86. The average Bonchev–Trinajstić information content (AvgIpc) is 1.64. The van der Waals surface area contributed by atoms with E-state index in [4.69, 9.17) is 24.4 Å². The topological polar surface area (TPSA) is 334 Å². The van der Waals surface area contributed by atoms with E-state index in [1.807, 2.05) is 31.2 Å². The summed E-state index contributed by atoms with van der Waals surface area (Å²) in [6.07, 6.45) is 19.1. The maximum atomic E-state index is 11.5. The molecule has 0 aliphatic rings. The Morgan fingerprint density at radius 1 is 0.347 bits per heavy atom. The molecule has 10 heterocycles. The van der Waals surface area contributed by atoms with Gasteiger partial charge in [-0.2, -0.15) is 0 Å². The highest BCUT2D eigenvalue weighted by molar-refractivity contribution is 6.14. The van der Waals surface area contributed by atoms with Crippen molar-refractivity contribution in [2.24, 2.45) is 70.5 Å². The molecule has 124 heavy (non-hydrogen) atoms. The number of benzene rings is 2. The SMILES string of the molecule is CCOC(=O)c1ccc(C(=O)C#CO)n1C.CCOC(=O)c1cccn1C.CCOC(=O)c1cn(C)cc1C(=O)C#CO.CCc1ccc(CC)n1C.COC(=O)c1ccc(C(=O)OC)n1C.COC(=O)c1cccn1C.COC(=O)c1cn(C)cc1C(=O)OC.Cc1ccc(C)n1C.Cc1ccc2c(ccn2C)c1.Cn1ccc2cc(C(C)(C)C)ccc21. The van der Waals surface area contributed by atoms with Crippen LogP contribution in [0.25, 0.3) is 21.8 Å². The van der Waals surface area contributed by atoms with Gasteiger partial charge in [0, 0.05) is 166 Å². The molecule has 0 fully saturated rings. The Morgan fingerprint density at radius 3 is 1.07 bits per heavy atom. The zero-order valence-electron chi connectivity index (χ0n) is 75.9. The fourth-order valence-corrected chi connectivity index (χ4v) is 11.6. The van der Waals surface area contributed by atoms with Crippen molar-refractivity contribution in [3.05, 3.63) is 261 Å². The number of methoxy groups -OCH3 is 5. The first-order valence-corrected chi connectivity index (χ1v) is 39.2. The van der Waals surface area contributed by atoms with Gasteiger partial charge in [0.05, 0.1) is 83.3 Å². The number of aromatic nitrogens is 10. The minimum Gasteiger partial charge on any atom is -0.465 e. The maximum absolute atomic E-state index is 11.5. The van der Waals surface area contributed by atoms with Crippen LogP contribution in [0.2, 0.25) is 0 Å². The van der Waals surface area contributed by atoms with Crippen LogP contribution < -0.4 is 0 Å². The van der Waals surface area contributed by atoms with Crippen molar-refractivity contribution in [1.29, 1.82) is 0 Å². The normalized spacial score (nSPS) is 9.95. The van der Waals surface area contributed by atoms with Gasteiger partial charge in [0.1, 0.15) is 40.7 Å². The highest BCUT2D eigenvalue weighted by Crippen LogP contribution is 2.27. The smallest absolute Gasteiger partial charge is 0.354 e. The number of Topliss-reactive ketones (excluding diaryl/α,β-unsaturated/α-hetero) is 2. The lowest BCUT2D eigenvalue weighted by molar-refractivity contribution is 0.0505. The van der Waals surface area contributed by atoms with Gasteiger partial charge in [-0.1, -0.05) is 52.3 Å². The Morgan fingerprint density at radius 2 is 0.702 bits per heavy atom. The summed E-state index contributed by atoms with van der Waals surface area (Å²) < 4.78 is 55.2. The number of aliphatic hydroxyl groups is 2. The monoisotopic (exact) mass is 1710 g/mol. The van der Waals surface area contributed by atoms with Crippen LogP contribution >= 0.6 is 0 Å². The predicted molar refractivity (Wildman–Crippen MR) is 473 cm³/mol. The summed E-state index contributed by atoms with van der Waals surface area (Å²) in [5.41, 5.74) is 14.0. The van der Waals surface area contributed by atoms with Crippen molar-refractivity contribution >= 4 is 81.1 Å². The highest BCUT2D eigenvalue weighted by atomic mass is 16.6. The molecule has 0 aliphatic carbocycles. The highest BCUT2D eigenvalue weighted by Gasteiger charge is 2.23. The van der Waals surface area contributed by atoms with Crippen molar-refractivity contribution in [2.45, 2.75) is 94.4 Å². The Bertz CT molecular complexity index is 5590. The number of fused-ring (bicyclic) bond motifs is 2. The summed E-state index contributed by atoms with van der Waals surface area (Å²) in [6, 6.07) is 39.2. The van der Waals surface area contributed by atoms with Crippen LogP contribution in [0.15, 0.2) is 171 Å². The van der Waals surface area contributed by atoms with Crippen molar-refractivity contribution in [2.75, 3.05) is 55.4 Å². The van der Waals surface area contributed by atoms with Gasteiger partial charge in [-0.05, 0) is 185 Å². The van der Waals surface area contributed by atoms with Crippen molar-refractivity contribution < 1.29 is 96.1 Å². The van der Waals surface area contributed by atoms with E-state index in [0.29, 0.717) is 29.4 Å². The number of carbonyl (C=O) groups excluding carboxylic acids is 10. The number of ketones is 2. The first-order chi connectivity index (χ1) is 58.7. The number of hydrogen-bond donors (Lipinski definition) is 2. The largest absolute Gasteiger partial charge is 0.465 e. The third kappa shape index (κ3) is 30.4. The maximum Gasteiger partial charge on any atom is 0.354 e. The zero-order chi connectivity index (χ0) is 93.4. The van der Waals surface area contributed by atoms with E-state index < -0.39 is 47.4 Å². The number of hydrogen-bond acceptors (Lipinski definition) is 20. The molecule has 0 unspecified atom stereocenters. The first kappa shape index (κ1) is 104. The number of aryl methyl sites for hydroxylation is 11. The average molecular weight is 1710 g/mol. The summed E-state index contributed by atoms with van der Waals surface area (Å²) >= 11 is 0. The minimum atomic E-state index is -0.619. The van der Waals surface area contributed by atoms with E-state index in [1.165, 1.54) is 162 Å². The lowest BCUT2D eigenvalue weighted by Gasteiger charge is -2.18. The second kappa shape index (κ2) is 51.3. The standard InChI is InChI=1S/C13H17N.2C11H11NO4.C10H11N.2C9H11NO4.C9H15N.C8H11NO2.C7H9NO2.C7H11N/c1-13(2,3)11-5-6-12-10(9-11)7-8-14(12)4;1-3-16-11(15)9-7-12(2)6-8(9)10(14)4-5-13;1-3-16-11(15)9-5-4-8(12(9)2)10(14)6-7-13;1-8-3-4-10-9(7-8)5-6-11(10)2;1-10-4-6(8(11)13-2)7(5-10)9(12)14-3;1-10-6(8(11)13-2)4-5-7(10)9(12)14-3;1-4-8-6-7-9(5-2)10(8)3;1-3-11-8(10)7-5-4-6-9(7)2;1-8-5-3-4-6(8)7(9)10-2;1-6-4-5-7(2)8(6)3/h5-9H,1-4H3;6-7,13H,3H2,1-2H3;4-5,13H,3H2,1-2H3;3-7H,1-2H3;2*4-5H,1-3H3;6-7H,4-5H2,1-3H3;4-6H,3H2,1-2H3;3-5H,1-2H3;4-5H,1-3H3. The van der Waals surface area contributed by atoms with Gasteiger partial charge in [-0.15, -0.1) is 0 Å². The number of ether oxygens (including phenoxy) is 8. The van der Waals surface area contributed by atoms with Gasteiger partial charge < -0.3 is 93.8 Å². The molecule has 0 saturated carbocycles. The summed E-state index contributed by atoms with van der Waals surface area (Å²) in [6.45, 7) is 23.5. The molecule has 0 saturated heterocycles. The molecule has 30 nitrogen and oxygen atoms in total. The van der Waals surface area contributed by atoms with Crippen LogP contribution in [-0.4, -0.2) is 171 Å². The molecule has 0 spiro atoms. The second-order valence-corrected chi connectivity index (χ2v) is 28.3. The minimum absolute atomic E-state index is 0.127. The molecule has 0 bridgehead atoms. The summed E-state index contributed by atoms with van der Waals surface area (Å²) in [5.74, 6) is -0.942. The molecule has 0 radical (unpaired) electrons. The van der Waals surface area contributed by atoms with Gasteiger partial charge in [0.15, 0.2) is 0 Å². The van der Waals surface area contributed by atoms with E-state index in [-0.39, 0.29) is 64.2 Å². The number of nitrogens with zero attached hydrogens (tertiary/aromatic N) is 10. The van der Waals surface area contributed by atoms with Crippen molar-refractivity contribution in [1.82, 2.24) is 45.7 Å². The molecule has 10 aromatic heterocycles. The van der Waals surface area contributed by atoms with Crippen LogP contribution in [0.3, 0.4) is 0 Å². The third-order valence-electron chi connectivity index (χ3n) is 18.8. The molecular formula is C94H118N10O20. The van der Waals surface area contributed by atoms with E-state index in [0.717, 1.165) is 12.8 Å². The van der Waals surface area contributed by atoms with Crippen LogP contribution in [-0.2, 0) is 127 Å². The number of esters is 8. The molecule has 2 N–H and O–H groups in total. The molecule has 12 rings (SSSR count). The molecule has 12 aromatic rings. The molecule has 0 aliphatic heterocycles. The van der Waals surface area contributed by atoms with Crippen molar-refractivity contribution in [3.8, 4) is 24.1 Å². The lowest BCUT2D eigenvalue weighted by Crippen LogP contribution is -2.13. The van der Waals surface area contributed by atoms with Gasteiger partial charge in [0.25, 0.3) is 5.78 Å². The Hall–Kier alpha value is -14.4. The van der Waals surface area contributed by atoms with Gasteiger partial charge >= 0.3 is 47.8 Å². The van der Waals surface area contributed by atoms with E-state index in [1.54, 1.807) is 98.7 Å². The first-order valence-electron chi connectivity index (χ1n) is 39.2. The van der Waals surface area contributed by atoms with Crippen LogP contribution in [0.1, 0.15) is 194 Å². The van der Waals surface area contributed by atoms with E-state index in [2.05, 4.69) is 211 Å². The van der Waals surface area contributed by atoms with Gasteiger partial charge in [-0.25, -0.2) is 38.4 Å². The molecule has 664 valence electrons. The molecule has 2 aromatic carbocycles. The molecule has 0 atom stereocenters. The van der Waals surface area contributed by atoms with Crippen LogP contribution in [0.4, 0.5) is 0 Å². The Balaban J connectivity index is 0.000000358. The van der Waals surface area contributed by atoms with Crippen LogP contribution in [0, 0.1) is 44.8 Å². The van der Waals surface area contributed by atoms with E-state index in [9.17, 15) is 47.9 Å². The Kier molecular flexibility index (Phi) is 42.9. The van der Waals surface area contributed by atoms with Crippen molar-refractivity contribution in [3.63, 3.8) is 0 Å². The number of rotatable bonds is 15. The zero-order valence-corrected chi connectivity index (χ0v) is 75.9. The second-order valence-electron chi connectivity index (χ2n) is 28.3. The summed E-state index contributed by atoms with van der Waals surface area (Å²) in [4.78, 5) is 112. The number of carbonyl (C=O) groups is 10. The fourth-order valence-electron chi connectivity index (χ4n) is 11.6. The Labute approximate surface area is 724 Å². The van der Waals surface area contributed by atoms with Crippen LogP contribution in [0.5, 0.6) is 0 Å². The quantitative estimate of drug-likeness (QED) is 0.0417. The predicted octanol–water partition coefficient (Wildman–Crippen LogP) is 14.4. The molecular weight excluding hydrogens is 1590 g/mol. The van der Waals surface area contributed by atoms with Gasteiger partial charge in [0.2, 0.25) is 5.78 Å². The fraction of sp³-hybridized carbons (Fsp3) is 0.340. The number of aliphatic hydroxyl groups excluding tert-OH is 2. The molecule has 30 heteroatoms. The summed E-state index contributed by atoms with van der Waals surface area (Å²) in [5, 5.41) is 19.3.